The summed E-state index contributed by atoms with van der Waals surface area (Å²) in [6, 6.07) is 16.1. The van der Waals surface area contributed by atoms with E-state index in [9.17, 15) is 9.59 Å². The normalized spacial score (nSPS) is 24.1. The van der Waals surface area contributed by atoms with E-state index in [-0.39, 0.29) is 36.0 Å². The molecule has 3 N–H and O–H groups in total. The molecule has 6 aliphatic rings. The van der Waals surface area contributed by atoms with E-state index in [1.165, 1.54) is 25.7 Å². The fourth-order valence-electron chi connectivity index (χ4n) is 12.2. The number of hydrogen-bond acceptors (Lipinski definition) is 11. The molecule has 12 rings (SSSR count). The zero-order valence-corrected chi connectivity index (χ0v) is 39.1. The first kappa shape index (κ1) is 42.3. The van der Waals surface area contributed by atoms with E-state index in [1.54, 1.807) is 21.3 Å². The van der Waals surface area contributed by atoms with E-state index >= 15 is 0 Å². The van der Waals surface area contributed by atoms with Crippen LogP contribution >= 0.6 is 0 Å². The second kappa shape index (κ2) is 16.3. The number of aromatic nitrogens is 6. The number of amides is 2. The van der Waals surface area contributed by atoms with Crippen molar-refractivity contribution in [2.45, 2.75) is 94.9 Å². The Bertz CT molecular complexity index is 2970. The van der Waals surface area contributed by atoms with Gasteiger partial charge in [0.05, 0.1) is 49.4 Å². The van der Waals surface area contributed by atoms with Crippen molar-refractivity contribution in [1.29, 1.82) is 0 Å². The lowest BCUT2D eigenvalue weighted by Crippen LogP contribution is -2.43. The number of ether oxygens (including phenoxy) is 3. The summed E-state index contributed by atoms with van der Waals surface area (Å²) in [5.74, 6) is 5.40. The Labute approximate surface area is 390 Å². The van der Waals surface area contributed by atoms with Crippen LogP contribution in [0.1, 0.15) is 89.2 Å². The molecule has 4 saturated carbocycles. The molecule has 6 fully saturated rings. The third-order valence-electron chi connectivity index (χ3n) is 16.1. The number of fused-ring (bicyclic) bond motifs is 6. The van der Waals surface area contributed by atoms with Crippen LogP contribution in [0.4, 0.5) is 0 Å². The molecule has 6 aromatic rings. The monoisotopic (exact) mass is 904 g/mol. The van der Waals surface area contributed by atoms with Crippen molar-refractivity contribution in [3.05, 3.63) is 76.7 Å². The Morgan fingerprint density at radius 2 is 1.18 bits per heavy atom. The van der Waals surface area contributed by atoms with E-state index in [2.05, 4.69) is 31.5 Å². The van der Waals surface area contributed by atoms with Gasteiger partial charge < -0.3 is 44.2 Å². The van der Waals surface area contributed by atoms with E-state index in [0.717, 1.165) is 100 Å². The Morgan fingerprint density at radius 3 is 1.72 bits per heavy atom. The molecule has 0 radical (unpaired) electrons. The second-order valence-electron chi connectivity index (χ2n) is 20.2. The van der Waals surface area contributed by atoms with E-state index in [1.807, 2.05) is 55.4 Å². The zero-order chi connectivity index (χ0) is 45.8. The predicted molar refractivity (Wildman–Crippen MR) is 254 cm³/mol. The smallest absolute Gasteiger partial charge is 0.254 e. The summed E-state index contributed by atoms with van der Waals surface area (Å²) in [6.07, 6.45) is 10.7. The molecule has 4 aromatic heterocycles. The number of aryl methyl sites for hydroxylation is 2. The molecule has 2 aliphatic heterocycles. The van der Waals surface area contributed by atoms with Crippen LogP contribution in [-0.2, 0) is 33.5 Å². The highest BCUT2D eigenvalue weighted by Gasteiger charge is 2.49. The minimum absolute atomic E-state index is 0.00366. The summed E-state index contributed by atoms with van der Waals surface area (Å²) in [7, 11) is 8.96. The topological polar surface area (TPSA) is 168 Å². The Hall–Kier alpha value is -6.06. The number of carbonyl (C=O) groups excluding carboxylic acids is 2. The van der Waals surface area contributed by atoms with Gasteiger partial charge in [-0.1, -0.05) is 0 Å². The van der Waals surface area contributed by atoms with Crippen molar-refractivity contribution in [3.8, 4) is 40.2 Å². The number of pyridine rings is 2. The molecule has 67 heavy (non-hydrogen) atoms. The summed E-state index contributed by atoms with van der Waals surface area (Å²) >= 11 is 0. The summed E-state index contributed by atoms with van der Waals surface area (Å²) in [5.41, 5.74) is 15.7. The van der Waals surface area contributed by atoms with Crippen LogP contribution in [0, 0.1) is 23.7 Å². The van der Waals surface area contributed by atoms with Crippen LogP contribution in [-0.4, -0.2) is 109 Å². The van der Waals surface area contributed by atoms with Crippen molar-refractivity contribution in [2.75, 3.05) is 34.4 Å². The third kappa shape index (κ3) is 7.22. The van der Waals surface area contributed by atoms with Crippen molar-refractivity contribution in [2.24, 2.45) is 43.5 Å². The van der Waals surface area contributed by atoms with Crippen LogP contribution in [0.5, 0.6) is 17.4 Å². The number of nitrogens with two attached hydrogens (primary N) is 1. The molecule has 0 spiro atoms. The third-order valence-corrected chi connectivity index (χ3v) is 16.1. The van der Waals surface area contributed by atoms with Crippen LogP contribution < -0.4 is 25.3 Å². The van der Waals surface area contributed by atoms with Gasteiger partial charge >= 0.3 is 0 Å². The summed E-state index contributed by atoms with van der Waals surface area (Å²) < 4.78 is 21.5. The molecule has 4 bridgehead atoms. The Kier molecular flexibility index (Phi) is 10.3. The number of imidazole rings is 2. The molecule has 348 valence electrons. The number of likely N-dealkylation sites (tertiary alicyclic amines) is 2. The van der Waals surface area contributed by atoms with Crippen LogP contribution in [0.3, 0.4) is 0 Å². The number of nitrogens with zero attached hydrogens (tertiary/aromatic N) is 8. The van der Waals surface area contributed by atoms with E-state index < -0.39 is 0 Å². The summed E-state index contributed by atoms with van der Waals surface area (Å²) in [6.45, 7) is 2.01. The molecule has 2 aromatic carbocycles. The average Bonchev–Trinajstić information content (AvgIpc) is 4.12. The maximum Gasteiger partial charge on any atom is 0.254 e. The number of rotatable bonds is 14. The average molecular weight is 905 g/mol. The molecule has 6 atom stereocenters. The molecule has 6 heterocycles. The van der Waals surface area contributed by atoms with Gasteiger partial charge in [0.15, 0.2) is 0 Å². The van der Waals surface area contributed by atoms with Gasteiger partial charge in [0.25, 0.3) is 11.8 Å². The van der Waals surface area contributed by atoms with Crippen LogP contribution in [0.25, 0.3) is 44.8 Å². The minimum atomic E-state index is -0.00703. The van der Waals surface area contributed by atoms with E-state index in [4.69, 9.17) is 39.9 Å². The molecule has 4 aliphatic carbocycles. The van der Waals surface area contributed by atoms with Crippen molar-refractivity contribution >= 4 is 33.9 Å². The molecule has 15 nitrogen and oxygen atoms in total. The van der Waals surface area contributed by atoms with Gasteiger partial charge in [-0.05, 0) is 130 Å². The Morgan fingerprint density at radius 1 is 0.642 bits per heavy atom. The van der Waals surface area contributed by atoms with Crippen LogP contribution in [0.2, 0.25) is 0 Å². The fourth-order valence-corrected chi connectivity index (χ4v) is 12.2. The first-order valence-electron chi connectivity index (χ1n) is 24.3. The first-order valence-corrected chi connectivity index (χ1v) is 24.3. The molecule has 2 amide bonds. The second-order valence-corrected chi connectivity index (χ2v) is 20.2. The van der Waals surface area contributed by atoms with Crippen molar-refractivity contribution in [1.82, 2.24) is 44.2 Å². The number of carbonyl (C=O) groups is 2. The summed E-state index contributed by atoms with van der Waals surface area (Å²) in [5, 5.41) is 3.87. The van der Waals surface area contributed by atoms with Gasteiger partial charge in [-0.2, -0.15) is 0 Å². The fraction of sp³-hybridized carbons (Fsp3) is 0.500. The number of benzene rings is 2. The SMILES string of the molecule is COc1ccc(-c2nc3cc(C(=O)N4C[C@H]5CC[C@@H]4[C@@H]5NCc4ccc(-c5nc6cc(C(=O)N7C[C@H]8CC[C@@H]7[C@@H]8N)cc(OC)c6n5C)c(CC5CC5)n4)cc(OC)c3n2C)c(CC2CC2)n1. The quantitative estimate of drug-likeness (QED) is 0.123. The highest BCUT2D eigenvalue weighted by Crippen LogP contribution is 2.43. The summed E-state index contributed by atoms with van der Waals surface area (Å²) in [4.78, 5) is 52.9. The predicted octanol–water partition coefficient (Wildman–Crippen LogP) is 6.47. The number of methoxy groups -OCH3 is 3. The molecule has 15 heteroatoms. The largest absolute Gasteiger partial charge is 0.494 e. The Balaban J connectivity index is 0.781. The van der Waals surface area contributed by atoms with Gasteiger partial charge in [0.1, 0.15) is 34.2 Å². The molecule has 0 unspecified atom stereocenters. The van der Waals surface area contributed by atoms with Gasteiger partial charge in [-0.25, -0.2) is 15.0 Å². The number of nitrogens with one attached hydrogen (secondary N) is 1. The van der Waals surface area contributed by atoms with Gasteiger partial charge in [0, 0.05) is 86.2 Å². The number of piperidine rings is 2. The van der Waals surface area contributed by atoms with Gasteiger partial charge in [-0.3, -0.25) is 14.6 Å². The van der Waals surface area contributed by atoms with Gasteiger partial charge in [-0.15, -0.1) is 0 Å². The van der Waals surface area contributed by atoms with Crippen molar-refractivity contribution in [3.63, 3.8) is 0 Å². The molecule has 2 saturated heterocycles. The maximum absolute atomic E-state index is 14.5. The first-order chi connectivity index (χ1) is 32.6. The molecular weight excluding hydrogens is 845 g/mol. The minimum Gasteiger partial charge on any atom is -0.494 e. The maximum atomic E-state index is 14.5. The van der Waals surface area contributed by atoms with Gasteiger partial charge in [0.2, 0.25) is 5.88 Å². The lowest BCUT2D eigenvalue weighted by Gasteiger charge is -2.28. The number of hydrogen-bond donors (Lipinski definition) is 2. The lowest BCUT2D eigenvalue weighted by molar-refractivity contribution is 0.0691. The lowest BCUT2D eigenvalue weighted by atomic mass is 10.1. The molecular formula is C52H60N10O5. The highest BCUT2D eigenvalue weighted by molar-refractivity contribution is 6.01. The van der Waals surface area contributed by atoms with Crippen LogP contribution in [0.15, 0.2) is 48.5 Å². The van der Waals surface area contributed by atoms with E-state index in [0.29, 0.717) is 71.8 Å². The highest BCUT2D eigenvalue weighted by atomic mass is 16.5. The van der Waals surface area contributed by atoms with Crippen molar-refractivity contribution < 1.29 is 23.8 Å². The standard InChI is InChI=1S/C52H60N10O5/c1-59-47-38(20-31(22-42(47)65-3)51(63)61-25-29-10-15-40(61)45(29)53)57-49(59)34-13-12-33(55-36(34)18-27-6-7-27)24-54-46-30-11-16-41(46)62(26-30)52(64)32-21-39-48(43(23-32)66-4)60(2)50(58-39)35-14-17-44(67-5)56-37(35)19-28-8-9-28/h12-14,17,20-23,27-30,40-41,45-46,54H,6-11,15-16,18-19,24-26,53H2,1-5H3/t29-,30-,40-,41-,45-,46-/m1/s1. The zero-order valence-electron chi connectivity index (χ0n) is 39.1.